The molecule has 1 fully saturated rings. The molecule has 0 saturated heterocycles. The van der Waals surface area contributed by atoms with E-state index in [1.54, 1.807) is 0 Å². The van der Waals surface area contributed by atoms with Crippen LogP contribution in [-0.2, 0) is 0 Å². The zero-order valence-electron chi connectivity index (χ0n) is 9.39. The second-order valence-electron chi connectivity index (χ2n) is 4.70. The molecule has 0 heterocycles. The Labute approximate surface area is 100 Å². The summed E-state index contributed by atoms with van der Waals surface area (Å²) in [5, 5.41) is 3.63. The van der Waals surface area contributed by atoms with Crippen molar-refractivity contribution >= 4 is 21.6 Å². The monoisotopic (exact) mass is 267 g/mol. The second kappa shape index (κ2) is 4.56. The predicted octanol–water partition coefficient (Wildman–Crippen LogP) is 4.36. The fourth-order valence-electron chi connectivity index (χ4n) is 2.32. The molecule has 1 aliphatic rings. The molecule has 2 atom stereocenters. The lowest BCUT2D eigenvalue weighted by Crippen LogP contribution is -2.15. The van der Waals surface area contributed by atoms with Gasteiger partial charge in [0.05, 0.1) is 0 Å². The average molecular weight is 268 g/mol. The quantitative estimate of drug-likeness (QED) is 0.840. The van der Waals surface area contributed by atoms with E-state index in [2.05, 4.69) is 53.3 Å². The molecule has 2 rings (SSSR count). The maximum Gasteiger partial charge on any atom is 0.0489 e. The van der Waals surface area contributed by atoms with Gasteiger partial charge in [0.2, 0.25) is 0 Å². The number of nitrogens with one attached hydrogen (secondary N) is 1. The van der Waals surface area contributed by atoms with E-state index in [-0.39, 0.29) is 0 Å². The molecule has 2 unspecified atom stereocenters. The Balaban J connectivity index is 2.07. The van der Waals surface area contributed by atoms with Crippen LogP contribution in [-0.4, -0.2) is 6.04 Å². The topological polar surface area (TPSA) is 12.0 Å². The van der Waals surface area contributed by atoms with Gasteiger partial charge < -0.3 is 5.32 Å². The molecule has 0 amide bonds. The van der Waals surface area contributed by atoms with Crippen LogP contribution in [0.5, 0.6) is 0 Å². The summed E-state index contributed by atoms with van der Waals surface area (Å²) in [6.07, 6.45) is 3.98. The van der Waals surface area contributed by atoms with Crippen molar-refractivity contribution in [1.82, 2.24) is 0 Å². The molecule has 0 bridgehead atoms. The van der Waals surface area contributed by atoms with Gasteiger partial charge >= 0.3 is 0 Å². The van der Waals surface area contributed by atoms with Gasteiger partial charge in [-0.1, -0.05) is 19.1 Å². The number of rotatable bonds is 2. The van der Waals surface area contributed by atoms with Gasteiger partial charge in [0.1, 0.15) is 0 Å². The third-order valence-corrected chi connectivity index (χ3v) is 4.30. The maximum atomic E-state index is 3.64. The molecule has 1 aromatic carbocycles. The molecule has 0 spiro atoms. The first-order chi connectivity index (χ1) is 7.16. The number of aryl methyl sites for hydroxylation is 1. The zero-order chi connectivity index (χ0) is 10.8. The van der Waals surface area contributed by atoms with Crippen molar-refractivity contribution in [3.63, 3.8) is 0 Å². The highest BCUT2D eigenvalue weighted by Crippen LogP contribution is 2.31. The Hall–Kier alpha value is -0.500. The van der Waals surface area contributed by atoms with E-state index in [1.807, 2.05) is 0 Å². The highest BCUT2D eigenvalue weighted by molar-refractivity contribution is 9.10. The first kappa shape index (κ1) is 11.0. The molecular weight excluding hydrogens is 250 g/mol. The van der Waals surface area contributed by atoms with Gasteiger partial charge in [-0.15, -0.1) is 0 Å². The standard InChI is InChI=1S/C13H18BrN/c1-9-6-7-11(8-9)15-12-5-3-4-10(2)13(12)14/h3-5,9,11,15H,6-8H2,1-2H3. The molecule has 1 saturated carbocycles. The van der Waals surface area contributed by atoms with Crippen LogP contribution in [0.2, 0.25) is 0 Å². The summed E-state index contributed by atoms with van der Waals surface area (Å²) in [7, 11) is 0. The predicted molar refractivity (Wildman–Crippen MR) is 69.3 cm³/mol. The summed E-state index contributed by atoms with van der Waals surface area (Å²) in [5.74, 6) is 0.881. The normalized spacial score (nSPS) is 25.5. The average Bonchev–Trinajstić information content (AvgIpc) is 2.59. The van der Waals surface area contributed by atoms with Crippen LogP contribution in [0.4, 0.5) is 5.69 Å². The van der Waals surface area contributed by atoms with Crippen LogP contribution >= 0.6 is 15.9 Å². The number of hydrogen-bond acceptors (Lipinski definition) is 1. The first-order valence-electron chi connectivity index (χ1n) is 5.68. The molecule has 1 aliphatic carbocycles. The minimum absolute atomic E-state index is 0.665. The van der Waals surface area contributed by atoms with Crippen LogP contribution in [0, 0.1) is 12.8 Å². The number of benzene rings is 1. The van der Waals surface area contributed by atoms with Gasteiger partial charge in [-0.05, 0) is 59.7 Å². The Morgan fingerprint density at radius 3 is 2.80 bits per heavy atom. The molecule has 1 nitrogen and oxygen atoms in total. The molecule has 0 radical (unpaired) electrons. The van der Waals surface area contributed by atoms with E-state index < -0.39 is 0 Å². The van der Waals surface area contributed by atoms with E-state index in [4.69, 9.17) is 0 Å². The third kappa shape index (κ3) is 2.54. The highest BCUT2D eigenvalue weighted by Gasteiger charge is 2.21. The molecule has 0 aliphatic heterocycles. The van der Waals surface area contributed by atoms with Crippen molar-refractivity contribution in [3.8, 4) is 0 Å². The lowest BCUT2D eigenvalue weighted by atomic mass is 10.1. The van der Waals surface area contributed by atoms with E-state index >= 15 is 0 Å². The van der Waals surface area contributed by atoms with Gasteiger partial charge in [-0.25, -0.2) is 0 Å². The van der Waals surface area contributed by atoms with Crippen LogP contribution in [0.25, 0.3) is 0 Å². The minimum Gasteiger partial charge on any atom is -0.381 e. The zero-order valence-corrected chi connectivity index (χ0v) is 11.0. The van der Waals surface area contributed by atoms with Crippen molar-refractivity contribution in [2.24, 2.45) is 5.92 Å². The third-order valence-electron chi connectivity index (χ3n) is 3.25. The SMILES string of the molecule is Cc1cccc(NC2CCC(C)C2)c1Br. The van der Waals surface area contributed by atoms with Gasteiger partial charge in [0, 0.05) is 16.2 Å². The van der Waals surface area contributed by atoms with Crippen molar-refractivity contribution in [3.05, 3.63) is 28.2 Å². The smallest absolute Gasteiger partial charge is 0.0489 e. The lowest BCUT2D eigenvalue weighted by molar-refractivity contribution is 0.602. The maximum absolute atomic E-state index is 3.64. The second-order valence-corrected chi connectivity index (χ2v) is 5.49. The summed E-state index contributed by atoms with van der Waals surface area (Å²) in [6.45, 7) is 4.47. The summed E-state index contributed by atoms with van der Waals surface area (Å²) >= 11 is 3.64. The molecule has 82 valence electrons. The molecule has 1 aromatic rings. The van der Waals surface area contributed by atoms with Crippen LogP contribution in [0.15, 0.2) is 22.7 Å². The highest BCUT2D eigenvalue weighted by atomic mass is 79.9. The van der Waals surface area contributed by atoms with Crippen molar-refractivity contribution in [2.45, 2.75) is 39.2 Å². The van der Waals surface area contributed by atoms with Crippen molar-refractivity contribution < 1.29 is 0 Å². The Kier molecular flexibility index (Phi) is 3.35. The molecule has 1 N–H and O–H groups in total. The van der Waals surface area contributed by atoms with Crippen LogP contribution < -0.4 is 5.32 Å². The molecule has 15 heavy (non-hydrogen) atoms. The number of halogens is 1. The number of anilines is 1. The molecule has 2 heteroatoms. The van der Waals surface area contributed by atoms with Crippen molar-refractivity contribution in [1.29, 1.82) is 0 Å². The van der Waals surface area contributed by atoms with Crippen molar-refractivity contribution in [2.75, 3.05) is 5.32 Å². The number of hydrogen-bond donors (Lipinski definition) is 1. The molecular formula is C13H18BrN. The fourth-order valence-corrected chi connectivity index (χ4v) is 2.70. The van der Waals surface area contributed by atoms with E-state index in [0.29, 0.717) is 6.04 Å². The van der Waals surface area contributed by atoms with Crippen LogP contribution in [0.3, 0.4) is 0 Å². The lowest BCUT2D eigenvalue weighted by Gasteiger charge is -2.16. The largest absolute Gasteiger partial charge is 0.381 e. The summed E-state index contributed by atoms with van der Waals surface area (Å²) in [5.41, 5.74) is 2.54. The van der Waals surface area contributed by atoms with E-state index in [9.17, 15) is 0 Å². The minimum atomic E-state index is 0.665. The van der Waals surface area contributed by atoms with Gasteiger partial charge in [0.25, 0.3) is 0 Å². The Bertz CT molecular complexity index is 348. The Morgan fingerprint density at radius 1 is 1.33 bits per heavy atom. The van der Waals surface area contributed by atoms with Gasteiger partial charge in [-0.2, -0.15) is 0 Å². The Morgan fingerprint density at radius 2 is 2.13 bits per heavy atom. The van der Waals surface area contributed by atoms with E-state index in [1.165, 1.54) is 35.0 Å². The molecule has 0 aromatic heterocycles. The van der Waals surface area contributed by atoms with Gasteiger partial charge in [-0.3, -0.25) is 0 Å². The first-order valence-corrected chi connectivity index (χ1v) is 6.48. The van der Waals surface area contributed by atoms with Crippen LogP contribution in [0.1, 0.15) is 31.7 Å². The van der Waals surface area contributed by atoms with Gasteiger partial charge in [0.15, 0.2) is 0 Å². The summed E-state index contributed by atoms with van der Waals surface area (Å²) < 4.78 is 1.21. The van der Waals surface area contributed by atoms with E-state index in [0.717, 1.165) is 5.92 Å². The summed E-state index contributed by atoms with van der Waals surface area (Å²) in [4.78, 5) is 0. The fraction of sp³-hybridized carbons (Fsp3) is 0.538. The summed E-state index contributed by atoms with van der Waals surface area (Å²) in [6, 6.07) is 7.06.